The third-order valence-electron chi connectivity index (χ3n) is 3.41. The zero-order valence-electron chi connectivity index (χ0n) is 11.8. The lowest BCUT2D eigenvalue weighted by atomic mass is 10.2. The minimum absolute atomic E-state index is 0.0896. The van der Waals surface area contributed by atoms with Crippen molar-refractivity contribution in [3.05, 3.63) is 33.8 Å². The van der Waals surface area contributed by atoms with Crippen LogP contribution in [0.5, 0.6) is 0 Å². The van der Waals surface area contributed by atoms with Gasteiger partial charge in [-0.3, -0.25) is 9.69 Å². The third kappa shape index (κ3) is 5.65. The van der Waals surface area contributed by atoms with Gasteiger partial charge in [-0.2, -0.15) is 5.10 Å². The summed E-state index contributed by atoms with van der Waals surface area (Å²) in [7, 11) is 0. The monoisotopic (exact) mass is 327 g/mol. The van der Waals surface area contributed by atoms with Crippen LogP contribution in [0.4, 0.5) is 0 Å². The summed E-state index contributed by atoms with van der Waals surface area (Å²) in [6.45, 7) is 2.38. The summed E-state index contributed by atoms with van der Waals surface area (Å²) in [6, 6.07) is 5.19. The Kier molecular flexibility index (Phi) is 6.49. The standard InChI is InChI=1S/C15H19Cl2N3O/c16-13-6-5-12(9-14(13)17)10-18-19-15(21)11-20-7-3-1-2-4-8-20/h5-6,9-10H,1-4,7-8,11H2,(H,19,21). The highest BCUT2D eigenvalue weighted by atomic mass is 35.5. The van der Waals surface area contributed by atoms with Gasteiger partial charge in [-0.05, 0) is 43.6 Å². The molecule has 2 rings (SSSR count). The molecule has 0 aromatic heterocycles. The molecule has 1 saturated heterocycles. The van der Waals surface area contributed by atoms with Crippen molar-refractivity contribution in [2.24, 2.45) is 5.10 Å². The smallest absolute Gasteiger partial charge is 0.254 e. The number of hydrogen-bond acceptors (Lipinski definition) is 3. The van der Waals surface area contributed by atoms with Crippen LogP contribution in [0.25, 0.3) is 0 Å². The molecule has 1 aliphatic rings. The molecule has 0 radical (unpaired) electrons. The number of rotatable bonds is 4. The quantitative estimate of drug-likeness (QED) is 0.681. The Labute approximate surface area is 135 Å². The van der Waals surface area contributed by atoms with Gasteiger partial charge in [-0.25, -0.2) is 5.43 Å². The summed E-state index contributed by atoms with van der Waals surface area (Å²) in [4.78, 5) is 14.0. The van der Waals surface area contributed by atoms with E-state index in [1.54, 1.807) is 24.4 Å². The highest BCUT2D eigenvalue weighted by Crippen LogP contribution is 2.21. The zero-order chi connectivity index (χ0) is 15.1. The molecule has 6 heteroatoms. The second-order valence-corrected chi connectivity index (χ2v) is 5.97. The van der Waals surface area contributed by atoms with Gasteiger partial charge in [0.2, 0.25) is 0 Å². The van der Waals surface area contributed by atoms with Crippen molar-refractivity contribution in [2.45, 2.75) is 25.7 Å². The summed E-state index contributed by atoms with van der Waals surface area (Å²) >= 11 is 11.7. The minimum Gasteiger partial charge on any atom is -0.294 e. The van der Waals surface area contributed by atoms with Crippen molar-refractivity contribution in [3.8, 4) is 0 Å². The minimum atomic E-state index is -0.0896. The fourth-order valence-electron chi connectivity index (χ4n) is 2.30. The van der Waals surface area contributed by atoms with E-state index in [9.17, 15) is 4.79 Å². The lowest BCUT2D eigenvalue weighted by molar-refractivity contribution is -0.122. The molecule has 1 aromatic rings. The Balaban J connectivity index is 1.79. The lowest BCUT2D eigenvalue weighted by Crippen LogP contribution is -2.35. The van der Waals surface area contributed by atoms with E-state index in [0.717, 1.165) is 18.7 Å². The van der Waals surface area contributed by atoms with E-state index >= 15 is 0 Å². The summed E-state index contributed by atoms with van der Waals surface area (Å²) in [5.41, 5.74) is 3.34. The average Bonchev–Trinajstić information content (AvgIpc) is 2.71. The Hall–Kier alpha value is -1.10. The predicted molar refractivity (Wildman–Crippen MR) is 87.1 cm³/mol. The molecule has 1 heterocycles. The molecule has 1 aliphatic heterocycles. The molecular formula is C15H19Cl2N3O. The van der Waals surface area contributed by atoms with Crippen LogP contribution < -0.4 is 5.43 Å². The molecule has 21 heavy (non-hydrogen) atoms. The number of benzene rings is 1. The first-order chi connectivity index (χ1) is 10.1. The van der Waals surface area contributed by atoms with Gasteiger partial charge in [0.25, 0.3) is 5.91 Å². The second-order valence-electron chi connectivity index (χ2n) is 5.16. The summed E-state index contributed by atoms with van der Waals surface area (Å²) in [6.07, 6.45) is 6.41. The van der Waals surface area contributed by atoms with E-state index < -0.39 is 0 Å². The molecular weight excluding hydrogens is 309 g/mol. The Morgan fingerprint density at radius 2 is 1.90 bits per heavy atom. The Morgan fingerprint density at radius 3 is 2.57 bits per heavy atom. The molecule has 0 spiro atoms. The van der Waals surface area contributed by atoms with Gasteiger partial charge >= 0.3 is 0 Å². The van der Waals surface area contributed by atoms with Crippen LogP contribution in [0, 0.1) is 0 Å². The number of nitrogens with one attached hydrogen (secondary N) is 1. The number of nitrogens with zero attached hydrogens (tertiary/aromatic N) is 2. The van der Waals surface area contributed by atoms with Gasteiger partial charge in [0.05, 0.1) is 22.8 Å². The van der Waals surface area contributed by atoms with Crippen molar-refractivity contribution in [1.29, 1.82) is 0 Å². The molecule has 1 aromatic carbocycles. The topological polar surface area (TPSA) is 44.7 Å². The van der Waals surface area contributed by atoms with Crippen molar-refractivity contribution in [3.63, 3.8) is 0 Å². The largest absolute Gasteiger partial charge is 0.294 e. The second kappa shape index (κ2) is 8.37. The van der Waals surface area contributed by atoms with Crippen LogP contribution in [-0.2, 0) is 4.79 Å². The SMILES string of the molecule is O=C(CN1CCCCCC1)NN=Cc1ccc(Cl)c(Cl)c1. The third-order valence-corrected chi connectivity index (χ3v) is 4.15. The van der Waals surface area contributed by atoms with Crippen LogP contribution in [-0.4, -0.2) is 36.7 Å². The fraction of sp³-hybridized carbons (Fsp3) is 0.467. The van der Waals surface area contributed by atoms with Crippen molar-refractivity contribution < 1.29 is 4.79 Å². The van der Waals surface area contributed by atoms with E-state index in [1.165, 1.54) is 25.7 Å². The van der Waals surface area contributed by atoms with Gasteiger partial charge in [0, 0.05) is 0 Å². The van der Waals surface area contributed by atoms with E-state index in [0.29, 0.717) is 16.6 Å². The first-order valence-electron chi connectivity index (χ1n) is 7.14. The van der Waals surface area contributed by atoms with Gasteiger partial charge < -0.3 is 0 Å². The van der Waals surface area contributed by atoms with Crippen LogP contribution in [0.3, 0.4) is 0 Å². The molecule has 1 fully saturated rings. The van der Waals surface area contributed by atoms with Crippen LogP contribution in [0.2, 0.25) is 10.0 Å². The number of carbonyl (C=O) groups is 1. The van der Waals surface area contributed by atoms with E-state index in [1.807, 2.05) is 0 Å². The summed E-state index contributed by atoms with van der Waals surface area (Å²) in [5, 5.41) is 4.92. The number of amides is 1. The van der Waals surface area contributed by atoms with Crippen LogP contribution in [0.15, 0.2) is 23.3 Å². The lowest BCUT2D eigenvalue weighted by Gasteiger charge is -2.17. The summed E-state index contributed by atoms with van der Waals surface area (Å²) < 4.78 is 0. The van der Waals surface area contributed by atoms with Crippen molar-refractivity contribution in [2.75, 3.05) is 19.6 Å². The number of hydrazone groups is 1. The van der Waals surface area contributed by atoms with E-state index in [4.69, 9.17) is 23.2 Å². The number of likely N-dealkylation sites (tertiary alicyclic amines) is 1. The molecule has 114 valence electrons. The first-order valence-corrected chi connectivity index (χ1v) is 7.90. The maximum absolute atomic E-state index is 11.8. The van der Waals surface area contributed by atoms with E-state index in [-0.39, 0.29) is 5.91 Å². The number of hydrogen-bond donors (Lipinski definition) is 1. The van der Waals surface area contributed by atoms with Gasteiger partial charge in [-0.15, -0.1) is 0 Å². The molecule has 0 bridgehead atoms. The molecule has 1 amide bonds. The highest BCUT2D eigenvalue weighted by molar-refractivity contribution is 6.42. The average molecular weight is 328 g/mol. The molecule has 0 unspecified atom stereocenters. The molecule has 0 aliphatic carbocycles. The Bertz CT molecular complexity index is 512. The molecule has 1 N–H and O–H groups in total. The molecule has 4 nitrogen and oxygen atoms in total. The molecule has 0 atom stereocenters. The van der Waals surface area contributed by atoms with Crippen LogP contribution in [0.1, 0.15) is 31.2 Å². The normalized spacial score (nSPS) is 16.9. The summed E-state index contributed by atoms with van der Waals surface area (Å²) in [5.74, 6) is -0.0896. The van der Waals surface area contributed by atoms with Gasteiger partial charge in [0.1, 0.15) is 0 Å². The highest BCUT2D eigenvalue weighted by Gasteiger charge is 2.12. The first kappa shape index (κ1) is 16.3. The maximum atomic E-state index is 11.8. The molecule has 0 saturated carbocycles. The predicted octanol–water partition coefficient (Wildman–Crippen LogP) is 3.32. The van der Waals surface area contributed by atoms with Crippen LogP contribution >= 0.6 is 23.2 Å². The van der Waals surface area contributed by atoms with E-state index in [2.05, 4.69) is 15.4 Å². The zero-order valence-corrected chi connectivity index (χ0v) is 13.3. The Morgan fingerprint density at radius 1 is 1.19 bits per heavy atom. The van der Waals surface area contributed by atoms with Gasteiger partial charge in [0.15, 0.2) is 0 Å². The maximum Gasteiger partial charge on any atom is 0.254 e. The van der Waals surface area contributed by atoms with Crippen molar-refractivity contribution >= 4 is 35.3 Å². The number of carbonyl (C=O) groups excluding carboxylic acids is 1. The fourth-order valence-corrected chi connectivity index (χ4v) is 2.61. The van der Waals surface area contributed by atoms with Gasteiger partial charge in [-0.1, -0.05) is 42.1 Å². The number of halogens is 2. The van der Waals surface area contributed by atoms with Crippen molar-refractivity contribution in [1.82, 2.24) is 10.3 Å².